The van der Waals surface area contributed by atoms with Crippen LogP contribution in [0.1, 0.15) is 21.5 Å². The fraction of sp³-hybridized carbons (Fsp3) is 0.188. The summed E-state index contributed by atoms with van der Waals surface area (Å²) in [6.07, 6.45) is 0. The molecule has 0 fully saturated rings. The fourth-order valence-electron chi connectivity index (χ4n) is 1.90. The third-order valence-electron chi connectivity index (χ3n) is 2.97. The largest absolute Gasteiger partial charge is 0.507 e. The number of aryl methyl sites for hydroxylation is 1. The van der Waals surface area contributed by atoms with E-state index in [1.807, 2.05) is 0 Å². The van der Waals surface area contributed by atoms with Gasteiger partial charge in [-0.15, -0.1) is 0 Å². The summed E-state index contributed by atoms with van der Waals surface area (Å²) in [5.41, 5.74) is 1.31. The zero-order valence-corrected chi connectivity index (χ0v) is 11.7. The predicted octanol–water partition coefficient (Wildman–Crippen LogP) is 3.21. The van der Waals surface area contributed by atoms with Gasteiger partial charge in [0.1, 0.15) is 29.5 Å². The van der Waals surface area contributed by atoms with Gasteiger partial charge in [-0.3, -0.25) is 0 Å². The number of benzene rings is 2. The topological polar surface area (TPSA) is 55.8 Å². The molecule has 0 amide bonds. The third-order valence-corrected chi connectivity index (χ3v) is 2.97. The van der Waals surface area contributed by atoms with Crippen molar-refractivity contribution in [1.82, 2.24) is 0 Å². The summed E-state index contributed by atoms with van der Waals surface area (Å²) in [7, 11) is 1.45. The van der Waals surface area contributed by atoms with E-state index in [9.17, 15) is 14.3 Å². The number of phenolic OH excluding ortho intramolecular Hbond substituents is 1. The monoisotopic (exact) mass is 290 g/mol. The van der Waals surface area contributed by atoms with Crippen molar-refractivity contribution in [3.8, 4) is 11.5 Å². The van der Waals surface area contributed by atoms with Gasteiger partial charge in [0, 0.05) is 5.56 Å². The summed E-state index contributed by atoms with van der Waals surface area (Å²) in [6.45, 7) is 1.65. The van der Waals surface area contributed by atoms with Gasteiger partial charge in [0.25, 0.3) is 0 Å². The minimum atomic E-state index is -0.682. The van der Waals surface area contributed by atoms with Crippen molar-refractivity contribution in [2.45, 2.75) is 13.5 Å². The second kappa shape index (κ2) is 6.26. The average Bonchev–Trinajstić information content (AvgIpc) is 2.45. The Labute approximate surface area is 121 Å². The van der Waals surface area contributed by atoms with Crippen LogP contribution < -0.4 is 4.74 Å². The van der Waals surface area contributed by atoms with E-state index >= 15 is 0 Å². The van der Waals surface area contributed by atoms with Gasteiger partial charge >= 0.3 is 5.97 Å². The number of ether oxygens (including phenoxy) is 2. The molecule has 1 N–H and O–H groups in total. The summed E-state index contributed by atoms with van der Waals surface area (Å²) in [5, 5.41) is 9.72. The quantitative estimate of drug-likeness (QED) is 0.878. The molecule has 0 saturated heterocycles. The summed E-state index contributed by atoms with van der Waals surface area (Å²) < 4.78 is 23.4. The van der Waals surface area contributed by atoms with Crippen LogP contribution in [-0.2, 0) is 11.3 Å². The lowest BCUT2D eigenvalue weighted by molar-refractivity contribution is 0.0466. The SMILES string of the molecule is COc1ccc(F)cc1COC(=O)c1ccc(C)cc1O. The van der Waals surface area contributed by atoms with Crippen LogP contribution >= 0.6 is 0 Å². The first-order valence-electron chi connectivity index (χ1n) is 6.30. The molecule has 2 aromatic carbocycles. The van der Waals surface area contributed by atoms with Gasteiger partial charge in [-0.2, -0.15) is 0 Å². The van der Waals surface area contributed by atoms with Gasteiger partial charge in [-0.05, 0) is 42.8 Å². The number of phenols is 1. The highest BCUT2D eigenvalue weighted by atomic mass is 19.1. The molecule has 0 aliphatic heterocycles. The Morgan fingerprint density at radius 1 is 1.24 bits per heavy atom. The zero-order valence-electron chi connectivity index (χ0n) is 11.7. The fourth-order valence-corrected chi connectivity index (χ4v) is 1.90. The molecule has 110 valence electrons. The first kappa shape index (κ1) is 14.8. The van der Waals surface area contributed by atoms with Crippen LogP contribution in [0, 0.1) is 12.7 Å². The van der Waals surface area contributed by atoms with Crippen molar-refractivity contribution >= 4 is 5.97 Å². The minimum absolute atomic E-state index is 0.0657. The highest BCUT2D eigenvalue weighted by molar-refractivity contribution is 5.92. The Hall–Kier alpha value is -2.56. The lowest BCUT2D eigenvalue weighted by Crippen LogP contribution is -2.06. The van der Waals surface area contributed by atoms with Crippen LogP contribution in [0.25, 0.3) is 0 Å². The predicted molar refractivity (Wildman–Crippen MR) is 74.9 cm³/mol. The maximum atomic E-state index is 13.2. The number of methoxy groups -OCH3 is 1. The molecule has 0 aliphatic rings. The number of aromatic hydroxyl groups is 1. The molecular formula is C16H15FO4. The van der Waals surface area contributed by atoms with E-state index in [1.165, 1.54) is 37.4 Å². The molecule has 0 heterocycles. The van der Waals surface area contributed by atoms with E-state index in [2.05, 4.69) is 0 Å². The molecule has 0 unspecified atom stereocenters. The zero-order chi connectivity index (χ0) is 15.4. The van der Waals surface area contributed by atoms with Crippen molar-refractivity contribution < 1.29 is 23.8 Å². The maximum absolute atomic E-state index is 13.2. The van der Waals surface area contributed by atoms with Crippen LogP contribution in [0.4, 0.5) is 4.39 Å². The normalized spacial score (nSPS) is 10.2. The molecule has 5 heteroatoms. The molecule has 0 bridgehead atoms. The van der Waals surface area contributed by atoms with E-state index < -0.39 is 11.8 Å². The number of halogens is 1. The standard InChI is InChI=1S/C16H15FO4/c1-10-3-5-13(14(18)7-10)16(19)21-9-11-8-12(17)4-6-15(11)20-2/h3-8,18H,9H2,1-2H3. The highest BCUT2D eigenvalue weighted by Crippen LogP contribution is 2.23. The van der Waals surface area contributed by atoms with Gasteiger partial charge in [0.2, 0.25) is 0 Å². The van der Waals surface area contributed by atoms with Crippen LogP contribution in [0.15, 0.2) is 36.4 Å². The van der Waals surface area contributed by atoms with Gasteiger partial charge in [0.15, 0.2) is 0 Å². The minimum Gasteiger partial charge on any atom is -0.507 e. The van der Waals surface area contributed by atoms with Gasteiger partial charge < -0.3 is 14.6 Å². The first-order valence-corrected chi connectivity index (χ1v) is 6.30. The average molecular weight is 290 g/mol. The molecule has 4 nitrogen and oxygen atoms in total. The Bertz CT molecular complexity index is 667. The Morgan fingerprint density at radius 3 is 2.67 bits per heavy atom. The van der Waals surface area contributed by atoms with Crippen LogP contribution in [0.3, 0.4) is 0 Å². The molecule has 0 aromatic heterocycles. The number of carbonyl (C=O) groups excluding carboxylic acids is 1. The van der Waals surface area contributed by atoms with E-state index in [1.54, 1.807) is 13.0 Å². The number of rotatable bonds is 4. The summed E-state index contributed by atoms with van der Waals surface area (Å²) >= 11 is 0. The second-order valence-corrected chi connectivity index (χ2v) is 4.55. The molecule has 0 atom stereocenters. The van der Waals surface area contributed by atoms with E-state index in [-0.39, 0.29) is 17.9 Å². The molecule has 0 radical (unpaired) electrons. The lowest BCUT2D eigenvalue weighted by atomic mass is 10.1. The summed E-state index contributed by atoms with van der Waals surface area (Å²) in [6, 6.07) is 8.60. The number of carbonyl (C=O) groups is 1. The molecule has 0 aliphatic carbocycles. The van der Waals surface area contributed by atoms with Crippen LogP contribution in [-0.4, -0.2) is 18.2 Å². The van der Waals surface area contributed by atoms with Gasteiger partial charge in [-0.1, -0.05) is 6.07 Å². The summed E-state index contributed by atoms with van der Waals surface area (Å²) in [4.78, 5) is 11.9. The Balaban J connectivity index is 2.12. The van der Waals surface area contributed by atoms with E-state index in [0.717, 1.165) is 5.56 Å². The Morgan fingerprint density at radius 2 is 2.00 bits per heavy atom. The molecule has 0 saturated carbocycles. The smallest absolute Gasteiger partial charge is 0.342 e. The number of esters is 1. The molecular weight excluding hydrogens is 275 g/mol. The van der Waals surface area contributed by atoms with E-state index in [0.29, 0.717) is 11.3 Å². The molecule has 0 spiro atoms. The first-order chi connectivity index (χ1) is 10.0. The van der Waals surface area contributed by atoms with Crippen molar-refractivity contribution in [3.63, 3.8) is 0 Å². The van der Waals surface area contributed by atoms with Gasteiger partial charge in [-0.25, -0.2) is 9.18 Å². The number of hydrogen-bond acceptors (Lipinski definition) is 4. The maximum Gasteiger partial charge on any atom is 0.342 e. The van der Waals surface area contributed by atoms with Crippen molar-refractivity contribution in [1.29, 1.82) is 0 Å². The van der Waals surface area contributed by atoms with Crippen LogP contribution in [0.5, 0.6) is 11.5 Å². The van der Waals surface area contributed by atoms with Crippen molar-refractivity contribution in [2.75, 3.05) is 7.11 Å². The highest BCUT2D eigenvalue weighted by Gasteiger charge is 2.14. The van der Waals surface area contributed by atoms with Crippen molar-refractivity contribution in [2.24, 2.45) is 0 Å². The van der Waals surface area contributed by atoms with Gasteiger partial charge in [0.05, 0.1) is 7.11 Å². The van der Waals surface area contributed by atoms with Crippen LogP contribution in [0.2, 0.25) is 0 Å². The molecule has 2 rings (SSSR count). The number of hydrogen-bond donors (Lipinski definition) is 1. The third kappa shape index (κ3) is 3.51. The molecule has 2 aromatic rings. The summed E-state index contributed by atoms with van der Waals surface area (Å²) in [5.74, 6) is -0.845. The Kier molecular flexibility index (Phi) is 4.42. The second-order valence-electron chi connectivity index (χ2n) is 4.55. The lowest BCUT2D eigenvalue weighted by Gasteiger charge is -2.10. The van der Waals surface area contributed by atoms with Crippen molar-refractivity contribution in [3.05, 3.63) is 58.9 Å². The van der Waals surface area contributed by atoms with E-state index in [4.69, 9.17) is 9.47 Å². The molecule has 21 heavy (non-hydrogen) atoms.